The van der Waals surface area contributed by atoms with Crippen molar-refractivity contribution in [2.24, 2.45) is 5.73 Å². The standard InChI is InChI=1S/C12H24N2O2/c1-4-16-11(15)12(2,13)8-9-14(3)10-6-5-7-10/h10H,4-9,13H2,1-3H3. The third-order valence-electron chi connectivity index (χ3n) is 3.42. The van der Waals surface area contributed by atoms with Crippen molar-refractivity contribution in [1.29, 1.82) is 0 Å². The fourth-order valence-electron chi connectivity index (χ4n) is 1.82. The maximum Gasteiger partial charge on any atom is 0.325 e. The molecule has 0 saturated heterocycles. The Morgan fingerprint density at radius 3 is 2.62 bits per heavy atom. The van der Waals surface area contributed by atoms with Gasteiger partial charge >= 0.3 is 5.97 Å². The van der Waals surface area contributed by atoms with Crippen LogP contribution in [0.4, 0.5) is 0 Å². The summed E-state index contributed by atoms with van der Waals surface area (Å²) in [5, 5.41) is 0. The minimum absolute atomic E-state index is 0.294. The first-order valence-corrected chi connectivity index (χ1v) is 6.13. The molecule has 0 aliphatic heterocycles. The highest BCUT2D eigenvalue weighted by Gasteiger charge is 2.31. The first kappa shape index (κ1) is 13.5. The molecule has 1 fully saturated rings. The van der Waals surface area contributed by atoms with Gasteiger partial charge in [-0.1, -0.05) is 6.42 Å². The van der Waals surface area contributed by atoms with Crippen molar-refractivity contribution in [2.45, 2.75) is 51.1 Å². The van der Waals surface area contributed by atoms with E-state index in [4.69, 9.17) is 10.5 Å². The van der Waals surface area contributed by atoms with Crippen LogP contribution < -0.4 is 5.73 Å². The van der Waals surface area contributed by atoms with Crippen LogP contribution in [0, 0.1) is 0 Å². The molecular formula is C12H24N2O2. The first-order valence-electron chi connectivity index (χ1n) is 6.13. The Hall–Kier alpha value is -0.610. The van der Waals surface area contributed by atoms with E-state index in [1.807, 2.05) is 0 Å². The van der Waals surface area contributed by atoms with Crippen molar-refractivity contribution in [3.63, 3.8) is 0 Å². The number of hydrogen-bond donors (Lipinski definition) is 1. The third kappa shape index (κ3) is 3.46. The second kappa shape index (κ2) is 5.64. The zero-order valence-corrected chi connectivity index (χ0v) is 10.7. The van der Waals surface area contributed by atoms with Crippen LogP contribution in [0.2, 0.25) is 0 Å². The summed E-state index contributed by atoms with van der Waals surface area (Å²) in [5.41, 5.74) is 5.10. The maximum absolute atomic E-state index is 11.6. The van der Waals surface area contributed by atoms with E-state index in [0.29, 0.717) is 19.1 Å². The van der Waals surface area contributed by atoms with Crippen LogP contribution in [0.25, 0.3) is 0 Å². The van der Waals surface area contributed by atoms with Crippen LogP contribution >= 0.6 is 0 Å². The molecular weight excluding hydrogens is 204 g/mol. The largest absolute Gasteiger partial charge is 0.465 e. The summed E-state index contributed by atoms with van der Waals surface area (Å²) in [6.07, 6.45) is 4.53. The lowest BCUT2D eigenvalue weighted by molar-refractivity contribution is -0.149. The van der Waals surface area contributed by atoms with Gasteiger partial charge in [0.1, 0.15) is 5.54 Å². The number of nitrogens with two attached hydrogens (primary N) is 1. The zero-order valence-electron chi connectivity index (χ0n) is 10.7. The van der Waals surface area contributed by atoms with Crippen LogP contribution in [-0.4, -0.2) is 42.6 Å². The van der Waals surface area contributed by atoms with Gasteiger partial charge in [-0.05, 0) is 40.2 Å². The lowest BCUT2D eigenvalue weighted by Crippen LogP contribution is -2.49. The Balaban J connectivity index is 2.31. The summed E-state index contributed by atoms with van der Waals surface area (Å²) < 4.78 is 4.96. The van der Waals surface area contributed by atoms with Crippen molar-refractivity contribution in [3.8, 4) is 0 Å². The van der Waals surface area contributed by atoms with Gasteiger partial charge in [-0.3, -0.25) is 4.79 Å². The zero-order chi connectivity index (χ0) is 12.2. The predicted octanol–water partition coefficient (Wildman–Crippen LogP) is 1.14. The molecule has 0 aromatic rings. The molecule has 4 heteroatoms. The fraction of sp³-hybridized carbons (Fsp3) is 0.917. The molecule has 94 valence electrons. The smallest absolute Gasteiger partial charge is 0.325 e. The second-order valence-corrected chi connectivity index (χ2v) is 4.95. The van der Waals surface area contributed by atoms with Crippen LogP contribution in [0.3, 0.4) is 0 Å². The van der Waals surface area contributed by atoms with Crippen molar-refractivity contribution in [3.05, 3.63) is 0 Å². The van der Waals surface area contributed by atoms with Crippen molar-refractivity contribution in [2.75, 3.05) is 20.2 Å². The van der Waals surface area contributed by atoms with E-state index in [1.165, 1.54) is 19.3 Å². The Morgan fingerprint density at radius 1 is 1.56 bits per heavy atom. The molecule has 0 aromatic carbocycles. The molecule has 0 radical (unpaired) electrons. The Kier molecular flexibility index (Phi) is 4.74. The van der Waals surface area contributed by atoms with E-state index in [9.17, 15) is 4.79 Å². The van der Waals surface area contributed by atoms with Gasteiger partial charge in [0, 0.05) is 12.6 Å². The number of ether oxygens (including phenoxy) is 1. The maximum atomic E-state index is 11.6. The van der Waals surface area contributed by atoms with Gasteiger partial charge in [-0.25, -0.2) is 0 Å². The van der Waals surface area contributed by atoms with E-state index < -0.39 is 5.54 Å². The van der Waals surface area contributed by atoms with Crippen molar-refractivity contribution >= 4 is 5.97 Å². The topological polar surface area (TPSA) is 55.6 Å². The van der Waals surface area contributed by atoms with Crippen molar-refractivity contribution < 1.29 is 9.53 Å². The lowest BCUT2D eigenvalue weighted by atomic mass is 9.91. The van der Waals surface area contributed by atoms with Gasteiger partial charge in [-0.15, -0.1) is 0 Å². The summed E-state index contributed by atoms with van der Waals surface area (Å²) in [5.74, 6) is -0.294. The molecule has 0 aromatic heterocycles. The molecule has 2 N–H and O–H groups in total. The van der Waals surface area contributed by atoms with E-state index >= 15 is 0 Å². The normalized spacial score (nSPS) is 20.3. The monoisotopic (exact) mass is 228 g/mol. The number of esters is 1. The van der Waals surface area contributed by atoms with E-state index in [-0.39, 0.29) is 5.97 Å². The molecule has 1 saturated carbocycles. The molecule has 1 atom stereocenters. The average molecular weight is 228 g/mol. The van der Waals surface area contributed by atoms with Crippen LogP contribution in [0.15, 0.2) is 0 Å². The van der Waals surface area contributed by atoms with E-state index in [0.717, 1.165) is 6.54 Å². The molecule has 4 nitrogen and oxygen atoms in total. The fourth-order valence-corrected chi connectivity index (χ4v) is 1.82. The quantitative estimate of drug-likeness (QED) is 0.693. The minimum atomic E-state index is -0.853. The number of carbonyl (C=O) groups excluding carboxylic acids is 1. The SMILES string of the molecule is CCOC(=O)C(C)(N)CCN(C)C1CCC1. The number of hydrogen-bond acceptors (Lipinski definition) is 4. The molecule has 1 unspecified atom stereocenters. The summed E-state index contributed by atoms with van der Waals surface area (Å²) in [6.45, 7) is 4.80. The first-order chi connectivity index (χ1) is 7.47. The second-order valence-electron chi connectivity index (χ2n) is 4.95. The van der Waals surface area contributed by atoms with Crippen LogP contribution in [0.5, 0.6) is 0 Å². The van der Waals surface area contributed by atoms with Crippen LogP contribution in [-0.2, 0) is 9.53 Å². The Bertz CT molecular complexity index is 237. The Labute approximate surface area is 98.1 Å². The number of nitrogens with zero attached hydrogens (tertiary/aromatic N) is 1. The van der Waals surface area contributed by atoms with Gasteiger partial charge in [0.05, 0.1) is 6.61 Å². The highest BCUT2D eigenvalue weighted by Crippen LogP contribution is 2.24. The molecule has 16 heavy (non-hydrogen) atoms. The molecule has 0 amide bonds. The number of carbonyl (C=O) groups is 1. The summed E-state index contributed by atoms with van der Waals surface area (Å²) in [4.78, 5) is 13.9. The van der Waals surface area contributed by atoms with E-state index in [2.05, 4.69) is 11.9 Å². The van der Waals surface area contributed by atoms with Crippen molar-refractivity contribution in [1.82, 2.24) is 4.90 Å². The lowest BCUT2D eigenvalue weighted by Gasteiger charge is -2.36. The highest BCUT2D eigenvalue weighted by atomic mass is 16.5. The Morgan fingerprint density at radius 2 is 2.19 bits per heavy atom. The molecule has 0 bridgehead atoms. The van der Waals surface area contributed by atoms with Gasteiger partial charge in [0.25, 0.3) is 0 Å². The molecule has 0 spiro atoms. The summed E-state index contributed by atoms with van der Waals surface area (Å²) in [6, 6.07) is 0.693. The summed E-state index contributed by atoms with van der Waals surface area (Å²) >= 11 is 0. The number of rotatable bonds is 6. The van der Waals surface area contributed by atoms with Gasteiger partial charge in [0.2, 0.25) is 0 Å². The minimum Gasteiger partial charge on any atom is -0.465 e. The van der Waals surface area contributed by atoms with Gasteiger partial charge < -0.3 is 15.4 Å². The molecule has 1 aliphatic carbocycles. The van der Waals surface area contributed by atoms with Gasteiger partial charge in [-0.2, -0.15) is 0 Å². The summed E-state index contributed by atoms with van der Waals surface area (Å²) in [7, 11) is 2.10. The molecule has 0 heterocycles. The molecule has 1 aliphatic rings. The average Bonchev–Trinajstić information content (AvgIpc) is 2.12. The van der Waals surface area contributed by atoms with Crippen LogP contribution in [0.1, 0.15) is 39.5 Å². The third-order valence-corrected chi connectivity index (χ3v) is 3.42. The van der Waals surface area contributed by atoms with Gasteiger partial charge in [0.15, 0.2) is 0 Å². The highest BCUT2D eigenvalue weighted by molar-refractivity contribution is 5.79. The molecule has 1 rings (SSSR count). The van der Waals surface area contributed by atoms with E-state index in [1.54, 1.807) is 13.8 Å². The predicted molar refractivity (Wildman–Crippen MR) is 64.1 cm³/mol.